The predicted octanol–water partition coefficient (Wildman–Crippen LogP) is 7.17. The van der Waals surface area contributed by atoms with Gasteiger partial charge in [0.2, 0.25) is 29.4 Å². The number of rotatable bonds is 8. The van der Waals surface area contributed by atoms with Crippen LogP contribution in [0.3, 0.4) is 0 Å². The van der Waals surface area contributed by atoms with Crippen LogP contribution in [0.2, 0.25) is 5.02 Å². The summed E-state index contributed by atoms with van der Waals surface area (Å²) in [5.74, 6) is -4.39. The van der Waals surface area contributed by atoms with Crippen molar-refractivity contribution in [3.05, 3.63) is 94.0 Å². The van der Waals surface area contributed by atoms with E-state index in [2.05, 4.69) is 0 Å². The first-order valence-electron chi connectivity index (χ1n) is 19.2. The quantitative estimate of drug-likeness (QED) is 0.123. The van der Waals surface area contributed by atoms with Gasteiger partial charge in [0.15, 0.2) is 11.5 Å². The third-order valence-corrected chi connectivity index (χ3v) is 14.5. The maximum atomic E-state index is 15.3. The number of allylic oxidation sites excluding steroid dienone is 2. The Labute approximate surface area is 343 Å². The maximum absolute atomic E-state index is 15.3. The number of fused-ring (bicyclic) bond motifs is 5. The van der Waals surface area contributed by atoms with Crippen LogP contribution in [0.5, 0.6) is 23.0 Å². The van der Waals surface area contributed by atoms with Crippen LogP contribution < -0.4 is 14.4 Å². The monoisotopic (exact) mass is 820 g/mol. The van der Waals surface area contributed by atoms with Crippen LogP contribution >= 0.6 is 22.9 Å². The average molecular weight is 821 g/mol. The van der Waals surface area contributed by atoms with E-state index in [9.17, 15) is 24.6 Å². The molecule has 4 heterocycles. The van der Waals surface area contributed by atoms with Crippen LogP contribution in [0.15, 0.2) is 72.3 Å². The minimum absolute atomic E-state index is 0.128. The summed E-state index contributed by atoms with van der Waals surface area (Å²) in [6.07, 6.45) is 2.87. The molecule has 2 aliphatic carbocycles. The molecule has 0 unspecified atom stereocenters. The van der Waals surface area contributed by atoms with E-state index in [-0.39, 0.29) is 54.2 Å². The smallest absolute Gasteiger partial charge is 0.242 e. The summed E-state index contributed by atoms with van der Waals surface area (Å²) in [5.41, 5.74) is 2.49. The van der Waals surface area contributed by atoms with Crippen molar-refractivity contribution in [2.45, 2.75) is 39.0 Å². The normalized spacial score (nSPS) is 25.3. The first-order valence-corrected chi connectivity index (χ1v) is 20.4. The first kappa shape index (κ1) is 37.9. The number of aryl methyl sites for hydroxylation is 2. The SMILES string of the molecule is COc1cc([C@H]2C3=CC[C@@H]4C(=O)N(CCc5ccc(O)cc5)C(=O)[C@@H]4[C@@H]3C[C@H]3C(=O)N(c4cc(-c5sc6ccc(Cl)cc6c5C)nn4C)C(=O)[C@@]23C)cc(OC)c1O. The molecule has 14 heteroatoms. The van der Waals surface area contributed by atoms with Crippen LogP contribution in [0.4, 0.5) is 5.82 Å². The van der Waals surface area contributed by atoms with Crippen LogP contribution in [-0.2, 0) is 32.6 Å². The molecule has 2 aromatic heterocycles. The van der Waals surface area contributed by atoms with Crippen LogP contribution in [-0.4, -0.2) is 69.3 Å². The Morgan fingerprint density at radius 2 is 1.64 bits per heavy atom. The maximum Gasteiger partial charge on any atom is 0.242 e. The molecule has 0 bridgehead atoms. The first-order chi connectivity index (χ1) is 27.8. The fourth-order valence-electron chi connectivity index (χ4n) is 10.1. The number of carbonyl (C=O) groups excluding carboxylic acids is 4. The fraction of sp³-hybridized carbons (Fsp3) is 0.341. The molecule has 0 radical (unpaired) electrons. The second-order valence-corrected chi connectivity index (χ2v) is 17.4. The van der Waals surface area contributed by atoms with Gasteiger partial charge in [-0.15, -0.1) is 11.3 Å². The van der Waals surface area contributed by atoms with Crippen molar-refractivity contribution in [3.8, 4) is 33.6 Å². The molecule has 2 aliphatic heterocycles. The molecule has 9 rings (SSSR count). The molecular formula is C44H41ClN4O8S. The van der Waals surface area contributed by atoms with Gasteiger partial charge >= 0.3 is 0 Å². The summed E-state index contributed by atoms with van der Waals surface area (Å²) in [6.45, 7) is 3.98. The van der Waals surface area contributed by atoms with E-state index >= 15 is 4.79 Å². The van der Waals surface area contributed by atoms with Crippen molar-refractivity contribution < 1.29 is 38.9 Å². The van der Waals surface area contributed by atoms with Gasteiger partial charge in [0.1, 0.15) is 17.3 Å². The predicted molar refractivity (Wildman–Crippen MR) is 218 cm³/mol. The van der Waals surface area contributed by atoms with E-state index in [0.717, 1.165) is 31.7 Å². The topological polar surface area (TPSA) is 151 Å². The van der Waals surface area contributed by atoms with Gasteiger partial charge < -0.3 is 19.7 Å². The summed E-state index contributed by atoms with van der Waals surface area (Å²) in [6, 6.07) is 17.5. The number of ether oxygens (including phenoxy) is 2. The van der Waals surface area contributed by atoms with Crippen LogP contribution in [0.1, 0.15) is 42.4 Å². The lowest BCUT2D eigenvalue weighted by atomic mass is 9.51. The second-order valence-electron chi connectivity index (χ2n) is 15.9. The molecule has 3 aromatic carbocycles. The van der Waals surface area contributed by atoms with Crippen LogP contribution in [0, 0.1) is 36.0 Å². The lowest BCUT2D eigenvalue weighted by Gasteiger charge is -2.49. The number of hydrogen-bond donors (Lipinski definition) is 2. The molecule has 2 N–H and O–H groups in total. The number of aromatic hydroxyl groups is 2. The highest BCUT2D eigenvalue weighted by Gasteiger charge is 2.68. The van der Waals surface area contributed by atoms with E-state index in [4.69, 9.17) is 26.2 Å². The molecule has 58 heavy (non-hydrogen) atoms. The molecule has 4 aliphatic rings. The summed E-state index contributed by atoms with van der Waals surface area (Å²) < 4.78 is 13.7. The molecule has 0 spiro atoms. The third-order valence-electron chi connectivity index (χ3n) is 13.0. The highest BCUT2D eigenvalue weighted by Crippen LogP contribution is 2.64. The highest BCUT2D eigenvalue weighted by molar-refractivity contribution is 7.22. The molecule has 298 valence electrons. The number of carbonyl (C=O) groups is 4. The van der Waals surface area contributed by atoms with Gasteiger partial charge in [-0.25, -0.2) is 4.90 Å². The zero-order chi connectivity index (χ0) is 40.9. The third kappa shape index (κ3) is 5.49. The zero-order valence-electron chi connectivity index (χ0n) is 32.5. The van der Waals surface area contributed by atoms with Crippen molar-refractivity contribution in [1.29, 1.82) is 0 Å². The number of thiophene rings is 1. The van der Waals surface area contributed by atoms with E-state index in [0.29, 0.717) is 28.5 Å². The molecule has 2 saturated heterocycles. The number of methoxy groups -OCH3 is 2. The number of halogens is 1. The number of benzene rings is 3. The lowest BCUT2D eigenvalue weighted by molar-refractivity contribution is -0.140. The molecule has 6 atom stereocenters. The Morgan fingerprint density at radius 3 is 2.33 bits per heavy atom. The summed E-state index contributed by atoms with van der Waals surface area (Å²) in [5, 5.41) is 27.1. The van der Waals surface area contributed by atoms with E-state index in [1.54, 1.807) is 72.5 Å². The zero-order valence-corrected chi connectivity index (χ0v) is 34.1. The van der Waals surface area contributed by atoms with Gasteiger partial charge in [0.05, 0.1) is 42.3 Å². The summed E-state index contributed by atoms with van der Waals surface area (Å²) in [4.78, 5) is 62.2. The van der Waals surface area contributed by atoms with Crippen molar-refractivity contribution in [1.82, 2.24) is 14.7 Å². The number of nitrogens with zero attached hydrogens (tertiary/aromatic N) is 4. The van der Waals surface area contributed by atoms with Crippen molar-refractivity contribution in [2.75, 3.05) is 25.7 Å². The Kier molecular flexibility index (Phi) is 8.97. The Morgan fingerprint density at radius 1 is 0.931 bits per heavy atom. The van der Waals surface area contributed by atoms with Gasteiger partial charge in [-0.3, -0.25) is 28.8 Å². The minimum atomic E-state index is -1.35. The number of phenols is 2. The van der Waals surface area contributed by atoms with Crippen molar-refractivity contribution in [3.63, 3.8) is 0 Å². The van der Waals surface area contributed by atoms with Crippen molar-refractivity contribution >= 4 is 62.5 Å². The molecule has 4 amide bonds. The number of amides is 4. The number of anilines is 1. The van der Waals surface area contributed by atoms with E-state index < -0.39 is 46.8 Å². The van der Waals surface area contributed by atoms with Gasteiger partial charge in [0.25, 0.3) is 0 Å². The Balaban J connectivity index is 1.13. The van der Waals surface area contributed by atoms with E-state index in [1.807, 2.05) is 31.2 Å². The minimum Gasteiger partial charge on any atom is -0.508 e. The standard InChI is InChI=1S/C44H41ClN4O8S/c1-21-28-18-24(45)8-13-34(28)58-39(21)31-20-35(47(3)46-31)49-41(53)30-19-29-26(37(44(30,2)43(49)55)23-16-32(56-4)38(51)33(17-23)57-5)11-12-27-36(29)42(54)48(40(27)52)15-14-22-6-9-25(50)10-7-22/h6-11,13,16-18,20,27,29-30,36-37,50-51H,12,14-15,19H2,1-5H3/t27-,29+,30-,36-,37-,44+/m0/s1. The van der Waals surface area contributed by atoms with Crippen molar-refractivity contribution in [2.24, 2.45) is 36.1 Å². The summed E-state index contributed by atoms with van der Waals surface area (Å²) in [7, 11) is 4.55. The molecule has 1 saturated carbocycles. The van der Waals surface area contributed by atoms with Gasteiger partial charge in [-0.1, -0.05) is 35.4 Å². The van der Waals surface area contributed by atoms with Gasteiger partial charge in [0, 0.05) is 35.3 Å². The molecular weight excluding hydrogens is 780 g/mol. The number of imide groups is 2. The highest BCUT2D eigenvalue weighted by atomic mass is 35.5. The molecule has 5 aromatic rings. The second kappa shape index (κ2) is 13.7. The number of hydrogen-bond acceptors (Lipinski definition) is 10. The van der Waals surface area contributed by atoms with Gasteiger partial charge in [-0.2, -0.15) is 5.10 Å². The average Bonchev–Trinajstić information content (AvgIpc) is 3.88. The van der Waals surface area contributed by atoms with Gasteiger partial charge in [-0.05, 0) is 104 Å². The fourth-order valence-corrected chi connectivity index (χ4v) is 11.4. The largest absolute Gasteiger partial charge is 0.508 e. The van der Waals surface area contributed by atoms with E-state index in [1.165, 1.54) is 24.0 Å². The number of likely N-dealkylation sites (tertiary alicyclic amines) is 1. The lowest BCUT2D eigenvalue weighted by Crippen LogP contribution is -2.49. The van der Waals surface area contributed by atoms with Crippen LogP contribution in [0.25, 0.3) is 20.7 Å². The number of phenolic OH excluding ortho intramolecular Hbond substituents is 2. The Bertz CT molecular complexity index is 2590. The summed E-state index contributed by atoms with van der Waals surface area (Å²) >= 11 is 7.89. The molecule has 3 fully saturated rings. The molecule has 12 nitrogen and oxygen atoms in total. The Hall–Kier alpha value is -5.66. The number of aromatic nitrogens is 2.